The van der Waals surface area contributed by atoms with Gasteiger partial charge in [0, 0.05) is 25.7 Å². The quantitative estimate of drug-likeness (QED) is 0.775. The standard InChI is InChI=1S/C13H17F2N3/c14-10-3-4-11(16)13(12(10)15)18-7-6-17-5-1-2-9(17)8-18/h3-4,9H,1-2,5-8,16H2. The normalized spacial score (nSPS) is 24.3. The lowest BCUT2D eigenvalue weighted by molar-refractivity contribution is 0.230. The fourth-order valence-electron chi connectivity index (χ4n) is 3.07. The maximum absolute atomic E-state index is 13.9. The van der Waals surface area contributed by atoms with Crippen LogP contribution in [0.4, 0.5) is 20.2 Å². The summed E-state index contributed by atoms with van der Waals surface area (Å²) in [5.74, 6) is -1.64. The Morgan fingerprint density at radius 3 is 2.83 bits per heavy atom. The lowest BCUT2D eigenvalue weighted by Gasteiger charge is -2.39. The first-order valence-corrected chi connectivity index (χ1v) is 6.39. The number of anilines is 2. The smallest absolute Gasteiger partial charge is 0.184 e. The van der Waals surface area contributed by atoms with E-state index in [0.717, 1.165) is 32.1 Å². The van der Waals surface area contributed by atoms with E-state index in [0.29, 0.717) is 18.3 Å². The van der Waals surface area contributed by atoms with Gasteiger partial charge in [-0.05, 0) is 31.5 Å². The van der Waals surface area contributed by atoms with Crippen LogP contribution < -0.4 is 10.6 Å². The van der Waals surface area contributed by atoms with Crippen molar-refractivity contribution in [2.75, 3.05) is 36.8 Å². The van der Waals surface area contributed by atoms with E-state index in [-0.39, 0.29) is 5.69 Å². The van der Waals surface area contributed by atoms with Crippen molar-refractivity contribution in [2.24, 2.45) is 0 Å². The molecule has 2 heterocycles. The van der Waals surface area contributed by atoms with Crippen molar-refractivity contribution < 1.29 is 8.78 Å². The lowest BCUT2D eigenvalue weighted by Crippen LogP contribution is -2.50. The van der Waals surface area contributed by atoms with Crippen LogP contribution in [0.5, 0.6) is 0 Å². The highest BCUT2D eigenvalue weighted by Gasteiger charge is 2.32. The van der Waals surface area contributed by atoms with Crippen LogP contribution in [0, 0.1) is 11.6 Å². The van der Waals surface area contributed by atoms with Gasteiger partial charge in [0.15, 0.2) is 11.6 Å². The van der Waals surface area contributed by atoms with Gasteiger partial charge in [-0.15, -0.1) is 0 Å². The van der Waals surface area contributed by atoms with Gasteiger partial charge in [0.2, 0.25) is 0 Å². The first-order valence-electron chi connectivity index (χ1n) is 6.39. The molecule has 0 aromatic heterocycles. The number of nitrogens with two attached hydrogens (primary N) is 1. The summed E-state index contributed by atoms with van der Waals surface area (Å²) >= 11 is 0. The average molecular weight is 253 g/mol. The van der Waals surface area contributed by atoms with E-state index < -0.39 is 11.6 Å². The van der Waals surface area contributed by atoms with E-state index in [2.05, 4.69) is 4.90 Å². The molecule has 0 aliphatic carbocycles. The van der Waals surface area contributed by atoms with Gasteiger partial charge in [0.25, 0.3) is 0 Å². The van der Waals surface area contributed by atoms with Gasteiger partial charge in [-0.2, -0.15) is 0 Å². The van der Waals surface area contributed by atoms with Crippen LogP contribution in [0.1, 0.15) is 12.8 Å². The van der Waals surface area contributed by atoms with Gasteiger partial charge < -0.3 is 10.6 Å². The number of nitrogen functional groups attached to an aromatic ring is 1. The van der Waals surface area contributed by atoms with E-state index in [1.54, 1.807) is 0 Å². The second-order valence-corrected chi connectivity index (χ2v) is 5.08. The summed E-state index contributed by atoms with van der Waals surface area (Å²) < 4.78 is 27.2. The number of hydrogen-bond acceptors (Lipinski definition) is 3. The average Bonchev–Trinajstić information content (AvgIpc) is 2.82. The Morgan fingerprint density at radius 2 is 2.00 bits per heavy atom. The molecule has 5 heteroatoms. The molecule has 2 aliphatic heterocycles. The summed E-state index contributed by atoms with van der Waals surface area (Å²) in [5.41, 5.74) is 6.35. The highest BCUT2D eigenvalue weighted by atomic mass is 19.2. The summed E-state index contributed by atoms with van der Waals surface area (Å²) in [4.78, 5) is 4.31. The first kappa shape index (κ1) is 11.7. The van der Waals surface area contributed by atoms with Crippen LogP contribution in [0.15, 0.2) is 12.1 Å². The molecule has 1 atom stereocenters. The van der Waals surface area contributed by atoms with Crippen molar-refractivity contribution >= 4 is 11.4 Å². The molecule has 2 N–H and O–H groups in total. The first-order chi connectivity index (χ1) is 8.66. The Bertz CT molecular complexity index is 464. The molecule has 0 amide bonds. The monoisotopic (exact) mass is 253 g/mol. The molecular formula is C13H17F2N3. The van der Waals surface area contributed by atoms with Gasteiger partial charge in [0.1, 0.15) is 0 Å². The Balaban J connectivity index is 1.89. The largest absolute Gasteiger partial charge is 0.397 e. The highest BCUT2D eigenvalue weighted by Crippen LogP contribution is 2.32. The molecule has 1 unspecified atom stereocenters. The Kier molecular flexibility index (Phi) is 2.86. The molecule has 18 heavy (non-hydrogen) atoms. The number of rotatable bonds is 1. The highest BCUT2D eigenvalue weighted by molar-refractivity contribution is 5.68. The van der Waals surface area contributed by atoms with Crippen molar-refractivity contribution in [3.05, 3.63) is 23.8 Å². The zero-order valence-electron chi connectivity index (χ0n) is 10.2. The number of benzene rings is 1. The topological polar surface area (TPSA) is 32.5 Å². The summed E-state index contributed by atoms with van der Waals surface area (Å²) in [6, 6.07) is 2.98. The molecule has 0 spiro atoms. The Labute approximate surface area is 105 Å². The molecule has 0 bridgehead atoms. The molecule has 2 saturated heterocycles. The summed E-state index contributed by atoms with van der Waals surface area (Å²) in [7, 11) is 0. The van der Waals surface area contributed by atoms with Crippen LogP contribution >= 0.6 is 0 Å². The van der Waals surface area contributed by atoms with Crippen LogP contribution in [0.3, 0.4) is 0 Å². The molecule has 1 aromatic rings. The summed E-state index contributed by atoms with van der Waals surface area (Å²) in [6.45, 7) is 3.48. The number of hydrogen-bond donors (Lipinski definition) is 1. The predicted octanol–water partition coefficient (Wildman–Crippen LogP) is 1.83. The molecular weight excluding hydrogens is 236 g/mol. The van der Waals surface area contributed by atoms with Crippen LogP contribution in [0.2, 0.25) is 0 Å². The van der Waals surface area contributed by atoms with E-state index in [1.807, 2.05) is 4.90 Å². The molecule has 1 aromatic carbocycles. The maximum Gasteiger partial charge on any atom is 0.184 e. The van der Waals surface area contributed by atoms with Crippen molar-refractivity contribution in [1.82, 2.24) is 4.90 Å². The van der Waals surface area contributed by atoms with E-state index in [9.17, 15) is 8.78 Å². The van der Waals surface area contributed by atoms with Crippen molar-refractivity contribution in [1.29, 1.82) is 0 Å². The second-order valence-electron chi connectivity index (χ2n) is 5.08. The molecule has 98 valence electrons. The third kappa shape index (κ3) is 1.82. The molecule has 0 radical (unpaired) electrons. The van der Waals surface area contributed by atoms with Crippen molar-refractivity contribution in [3.63, 3.8) is 0 Å². The third-order valence-corrected chi connectivity index (χ3v) is 4.00. The SMILES string of the molecule is Nc1ccc(F)c(F)c1N1CCN2CCCC2C1. The number of nitrogens with zero attached hydrogens (tertiary/aromatic N) is 2. The molecule has 2 aliphatic rings. The van der Waals surface area contributed by atoms with Crippen molar-refractivity contribution in [3.8, 4) is 0 Å². The zero-order valence-corrected chi connectivity index (χ0v) is 10.2. The molecule has 3 nitrogen and oxygen atoms in total. The fourth-order valence-corrected chi connectivity index (χ4v) is 3.07. The number of halogens is 2. The Hall–Kier alpha value is -1.36. The van der Waals surface area contributed by atoms with Crippen LogP contribution in [-0.4, -0.2) is 37.1 Å². The minimum absolute atomic E-state index is 0.238. The van der Waals surface area contributed by atoms with E-state index in [1.165, 1.54) is 12.5 Å². The van der Waals surface area contributed by atoms with Crippen LogP contribution in [-0.2, 0) is 0 Å². The maximum atomic E-state index is 13.9. The third-order valence-electron chi connectivity index (χ3n) is 4.00. The van der Waals surface area contributed by atoms with Gasteiger partial charge in [0.05, 0.1) is 11.4 Å². The number of piperazine rings is 1. The minimum Gasteiger partial charge on any atom is -0.397 e. The van der Waals surface area contributed by atoms with Gasteiger partial charge >= 0.3 is 0 Å². The molecule has 2 fully saturated rings. The van der Waals surface area contributed by atoms with Crippen LogP contribution in [0.25, 0.3) is 0 Å². The second kappa shape index (κ2) is 4.39. The van der Waals surface area contributed by atoms with E-state index >= 15 is 0 Å². The van der Waals surface area contributed by atoms with Gasteiger partial charge in [-0.1, -0.05) is 0 Å². The zero-order chi connectivity index (χ0) is 12.7. The van der Waals surface area contributed by atoms with Gasteiger partial charge in [-0.3, -0.25) is 4.90 Å². The van der Waals surface area contributed by atoms with Gasteiger partial charge in [-0.25, -0.2) is 8.78 Å². The molecule has 0 saturated carbocycles. The lowest BCUT2D eigenvalue weighted by atomic mass is 10.1. The molecule has 3 rings (SSSR count). The summed E-state index contributed by atoms with van der Waals surface area (Å²) in [6.07, 6.45) is 2.33. The minimum atomic E-state index is -0.826. The predicted molar refractivity (Wildman–Crippen MR) is 67.6 cm³/mol. The fraction of sp³-hybridized carbons (Fsp3) is 0.538. The Morgan fingerprint density at radius 1 is 1.17 bits per heavy atom. The summed E-state index contributed by atoms with van der Waals surface area (Å²) in [5, 5.41) is 0. The number of fused-ring (bicyclic) bond motifs is 1. The van der Waals surface area contributed by atoms with E-state index in [4.69, 9.17) is 5.73 Å². The van der Waals surface area contributed by atoms with Crippen molar-refractivity contribution in [2.45, 2.75) is 18.9 Å².